The Morgan fingerprint density at radius 1 is 0.500 bits per heavy atom. The third kappa shape index (κ3) is 4.41. The van der Waals surface area contributed by atoms with E-state index >= 15 is 0 Å². The quantitative estimate of drug-likeness (QED) is 0.251. The second-order valence-corrected chi connectivity index (χ2v) is 15.6. The number of nitrogens with zero attached hydrogens (tertiary/aromatic N) is 1. The van der Waals surface area contributed by atoms with Gasteiger partial charge in [-0.1, -0.05) is 55.5 Å². The number of fused-ring (bicyclic) bond motifs is 4. The molecule has 0 fully saturated rings. The highest BCUT2D eigenvalue weighted by Gasteiger charge is 2.40. The summed E-state index contributed by atoms with van der Waals surface area (Å²) in [6.45, 7) is 6.17. The molecule has 0 saturated heterocycles. The van der Waals surface area contributed by atoms with E-state index in [1.54, 1.807) is 0 Å². The molecule has 8 rings (SSSR count). The molecule has 7 heteroatoms. The Bertz CT molecular complexity index is 1420. The van der Waals surface area contributed by atoms with Crippen molar-refractivity contribution in [2.24, 2.45) is 0 Å². The van der Waals surface area contributed by atoms with Gasteiger partial charge in [-0.3, -0.25) is 0 Å². The van der Waals surface area contributed by atoms with Crippen molar-refractivity contribution in [2.75, 3.05) is 33.0 Å². The Kier molecular flexibility index (Phi) is 7.07. The lowest BCUT2D eigenvalue weighted by Gasteiger charge is -2.40. The van der Waals surface area contributed by atoms with E-state index in [1.165, 1.54) is 43.5 Å². The summed E-state index contributed by atoms with van der Waals surface area (Å²) in [6, 6.07) is 27.0. The maximum Gasteiger partial charge on any atom is 0.131 e. The van der Waals surface area contributed by atoms with E-state index in [2.05, 4.69) is 84.2 Å². The zero-order chi connectivity index (χ0) is 28.0. The number of rotatable bonds is 8. The summed E-state index contributed by atoms with van der Waals surface area (Å²) < 4.78 is 28.5. The van der Waals surface area contributed by atoms with E-state index in [4.69, 9.17) is 18.9 Å². The SMILES string of the molecule is CCCN(P(c1cccc2c1OCC2)c1cccc2c1OCC2)P(c1cccc2c1OCC2)c1cccc2c1OCC2. The van der Waals surface area contributed by atoms with Crippen molar-refractivity contribution >= 4 is 37.4 Å². The third-order valence-corrected chi connectivity index (χ3v) is 14.2. The second kappa shape index (κ2) is 11.2. The van der Waals surface area contributed by atoms with Gasteiger partial charge in [0.25, 0.3) is 0 Å². The van der Waals surface area contributed by atoms with Gasteiger partial charge in [0.1, 0.15) is 23.0 Å². The molecule has 4 aliphatic rings. The highest BCUT2D eigenvalue weighted by atomic mass is 31.2. The number of ether oxygens (including phenoxy) is 4. The fourth-order valence-corrected chi connectivity index (χ4v) is 13.4. The average molecular weight is 596 g/mol. The summed E-state index contributed by atoms with van der Waals surface area (Å²) in [6.07, 6.45) is 4.85. The minimum absolute atomic E-state index is 0.738. The first kappa shape index (κ1) is 26.5. The molecular weight excluding hydrogens is 560 g/mol. The first-order valence-corrected chi connectivity index (χ1v) is 17.8. The minimum atomic E-state index is -1.02. The van der Waals surface area contributed by atoms with Gasteiger partial charge in [-0.15, -0.1) is 0 Å². The predicted octanol–water partition coefficient (Wildman–Crippen LogP) is 5.53. The van der Waals surface area contributed by atoms with Gasteiger partial charge in [-0.25, -0.2) is 4.44 Å². The number of hydrogen-bond acceptors (Lipinski definition) is 5. The molecule has 214 valence electrons. The molecule has 0 N–H and O–H groups in total. The lowest BCUT2D eigenvalue weighted by atomic mass is 10.2. The van der Waals surface area contributed by atoms with E-state index in [-0.39, 0.29) is 0 Å². The van der Waals surface area contributed by atoms with Crippen molar-refractivity contribution in [3.63, 3.8) is 0 Å². The van der Waals surface area contributed by atoms with Crippen molar-refractivity contribution in [3.8, 4) is 23.0 Å². The Morgan fingerprint density at radius 2 is 0.810 bits per heavy atom. The molecule has 0 saturated carbocycles. The van der Waals surface area contributed by atoms with E-state index in [0.29, 0.717) is 0 Å². The molecule has 0 amide bonds. The van der Waals surface area contributed by atoms with Crippen LogP contribution in [0.4, 0.5) is 0 Å². The number of para-hydroxylation sites is 4. The topological polar surface area (TPSA) is 40.2 Å². The molecule has 0 atom stereocenters. The van der Waals surface area contributed by atoms with Crippen LogP contribution in [0.1, 0.15) is 35.6 Å². The van der Waals surface area contributed by atoms with Crippen LogP contribution in [0.5, 0.6) is 23.0 Å². The lowest BCUT2D eigenvalue weighted by molar-refractivity contribution is 0.358. The molecule has 0 aliphatic carbocycles. The fraction of sp³-hybridized carbons (Fsp3) is 0.314. The zero-order valence-corrected chi connectivity index (χ0v) is 25.8. The third-order valence-electron chi connectivity index (χ3n) is 8.57. The van der Waals surface area contributed by atoms with Crippen LogP contribution in [0, 0.1) is 0 Å². The van der Waals surface area contributed by atoms with Crippen LogP contribution in [-0.4, -0.2) is 37.4 Å². The molecule has 0 aromatic heterocycles. The molecule has 4 aliphatic heterocycles. The Morgan fingerprint density at radius 3 is 1.10 bits per heavy atom. The van der Waals surface area contributed by atoms with Gasteiger partial charge >= 0.3 is 0 Å². The molecule has 4 heterocycles. The van der Waals surface area contributed by atoms with Gasteiger partial charge in [-0.05, 0) is 52.9 Å². The van der Waals surface area contributed by atoms with Crippen LogP contribution < -0.4 is 40.2 Å². The normalized spacial score (nSPS) is 16.1. The molecular formula is C35H35NO4P2. The summed E-state index contributed by atoms with van der Waals surface area (Å²) in [5, 5.41) is 5.14. The molecule has 4 aromatic rings. The molecule has 5 nitrogen and oxygen atoms in total. The summed E-state index contributed by atoms with van der Waals surface area (Å²) in [5.74, 6) is 4.28. The Hall–Kier alpha value is -3.10. The first-order chi connectivity index (χ1) is 20.8. The molecule has 42 heavy (non-hydrogen) atoms. The van der Waals surface area contributed by atoms with Crippen molar-refractivity contribution in [1.29, 1.82) is 0 Å². The molecule has 0 bridgehead atoms. The molecule has 0 radical (unpaired) electrons. The number of benzene rings is 4. The van der Waals surface area contributed by atoms with Crippen LogP contribution in [0.25, 0.3) is 0 Å². The number of hydrogen-bond donors (Lipinski definition) is 0. The van der Waals surface area contributed by atoms with Crippen LogP contribution in [0.3, 0.4) is 0 Å². The summed E-state index contributed by atoms with van der Waals surface area (Å²) in [4.78, 5) is 0. The molecule has 0 spiro atoms. The van der Waals surface area contributed by atoms with Crippen LogP contribution in [0.15, 0.2) is 72.8 Å². The van der Waals surface area contributed by atoms with E-state index in [1.807, 2.05) is 0 Å². The van der Waals surface area contributed by atoms with Gasteiger partial charge in [-0.2, -0.15) is 0 Å². The van der Waals surface area contributed by atoms with Gasteiger partial charge in [0.2, 0.25) is 0 Å². The van der Waals surface area contributed by atoms with Crippen LogP contribution in [0.2, 0.25) is 0 Å². The lowest BCUT2D eigenvalue weighted by Crippen LogP contribution is -2.34. The summed E-state index contributed by atoms with van der Waals surface area (Å²) in [7, 11) is -2.05. The second-order valence-electron chi connectivity index (χ2n) is 11.2. The monoisotopic (exact) mass is 595 g/mol. The Labute approximate surface area is 250 Å². The molecule has 4 aromatic carbocycles. The highest BCUT2D eigenvalue weighted by molar-refractivity contribution is 7.85. The molecule has 0 unspecified atom stereocenters. The smallest absolute Gasteiger partial charge is 0.131 e. The average Bonchev–Trinajstić information content (AvgIpc) is 3.84. The maximum atomic E-state index is 6.43. The van der Waals surface area contributed by atoms with Gasteiger partial charge in [0, 0.05) is 69.6 Å². The van der Waals surface area contributed by atoms with Crippen molar-refractivity contribution in [2.45, 2.75) is 39.0 Å². The zero-order valence-electron chi connectivity index (χ0n) is 24.0. The van der Waals surface area contributed by atoms with Crippen molar-refractivity contribution in [1.82, 2.24) is 4.44 Å². The fourth-order valence-electron chi connectivity index (χ4n) is 6.70. The van der Waals surface area contributed by atoms with E-state index in [9.17, 15) is 0 Å². The Balaban J connectivity index is 1.40. The van der Waals surface area contributed by atoms with Crippen molar-refractivity contribution in [3.05, 3.63) is 95.1 Å². The van der Waals surface area contributed by atoms with Gasteiger partial charge in [0.15, 0.2) is 0 Å². The van der Waals surface area contributed by atoms with E-state index in [0.717, 1.165) is 88.1 Å². The maximum absolute atomic E-state index is 6.43. The van der Waals surface area contributed by atoms with Crippen molar-refractivity contribution < 1.29 is 18.9 Å². The van der Waals surface area contributed by atoms with Crippen LogP contribution in [-0.2, 0) is 25.7 Å². The first-order valence-electron chi connectivity index (χ1n) is 15.2. The van der Waals surface area contributed by atoms with Crippen LogP contribution >= 0.6 is 16.1 Å². The summed E-state index contributed by atoms with van der Waals surface area (Å²) in [5.41, 5.74) is 5.23. The highest BCUT2D eigenvalue weighted by Crippen LogP contribution is 2.60. The predicted molar refractivity (Wildman–Crippen MR) is 172 cm³/mol. The standard InChI is InChI=1S/C35H35NO4P2/c1-2-19-36(41(28-11-3-7-24-15-20-37-32(24)28)29-12-4-8-25-16-21-38-33(25)29)42(30-13-5-9-26-17-22-39-34(26)30)31-14-6-10-27-18-23-40-35(27)31/h3-14H,2,15-23H2,1H3. The van der Waals surface area contributed by atoms with Gasteiger partial charge < -0.3 is 18.9 Å². The minimum Gasteiger partial charge on any atom is -0.492 e. The van der Waals surface area contributed by atoms with Gasteiger partial charge in [0.05, 0.1) is 26.4 Å². The summed E-state index contributed by atoms with van der Waals surface area (Å²) >= 11 is 0. The largest absolute Gasteiger partial charge is 0.492 e. The van der Waals surface area contributed by atoms with E-state index < -0.39 is 16.1 Å².